The molecule has 0 N–H and O–H groups in total. The van der Waals surface area contributed by atoms with Crippen LogP contribution in [0.1, 0.15) is 43.8 Å². The van der Waals surface area contributed by atoms with Crippen molar-refractivity contribution in [3.63, 3.8) is 0 Å². The van der Waals surface area contributed by atoms with E-state index >= 15 is 0 Å². The predicted molar refractivity (Wildman–Crippen MR) is 119 cm³/mol. The molecule has 158 valence electrons. The van der Waals surface area contributed by atoms with Crippen LogP contribution in [0.15, 0.2) is 54.6 Å². The van der Waals surface area contributed by atoms with Crippen LogP contribution in [-0.4, -0.2) is 56.2 Å². The van der Waals surface area contributed by atoms with Crippen LogP contribution in [0, 0.1) is 0 Å². The molecule has 1 unspecified atom stereocenters. The van der Waals surface area contributed by atoms with Gasteiger partial charge >= 0.3 is 0 Å². The first-order valence-electron chi connectivity index (χ1n) is 10.5. The number of nitrogens with zero attached hydrogens (tertiary/aromatic N) is 6. The van der Waals surface area contributed by atoms with E-state index in [1.54, 1.807) is 0 Å². The van der Waals surface area contributed by atoms with E-state index in [1.165, 1.54) is 5.56 Å². The van der Waals surface area contributed by atoms with E-state index in [4.69, 9.17) is 11.6 Å². The maximum Gasteiger partial charge on any atom is 0.173 e. The van der Waals surface area contributed by atoms with Gasteiger partial charge in [-0.2, -0.15) is 0 Å². The average molecular weight is 425 g/mol. The normalized spacial score (nSPS) is 17.2. The predicted octanol–water partition coefficient (Wildman–Crippen LogP) is 3.99. The minimum Gasteiger partial charge on any atom is -0.297 e. The van der Waals surface area contributed by atoms with Crippen molar-refractivity contribution in [3.05, 3.63) is 76.6 Å². The first kappa shape index (κ1) is 21.0. The van der Waals surface area contributed by atoms with Crippen LogP contribution in [0.25, 0.3) is 0 Å². The molecule has 0 amide bonds. The van der Waals surface area contributed by atoms with Crippen molar-refractivity contribution < 1.29 is 0 Å². The summed E-state index contributed by atoms with van der Waals surface area (Å²) in [4.78, 5) is 4.96. The van der Waals surface area contributed by atoms with Gasteiger partial charge in [0.25, 0.3) is 0 Å². The molecular formula is C23H29ClN6. The number of rotatable bonds is 5. The van der Waals surface area contributed by atoms with Gasteiger partial charge in [0, 0.05) is 37.7 Å². The van der Waals surface area contributed by atoms with Gasteiger partial charge in [0.15, 0.2) is 5.82 Å². The molecule has 0 radical (unpaired) electrons. The molecule has 1 aliphatic heterocycles. The molecule has 3 aromatic rings. The second kappa shape index (κ2) is 8.84. The summed E-state index contributed by atoms with van der Waals surface area (Å²) in [6.07, 6.45) is 0. The van der Waals surface area contributed by atoms with Crippen molar-refractivity contribution in [3.8, 4) is 0 Å². The zero-order valence-corrected chi connectivity index (χ0v) is 18.6. The molecule has 1 fully saturated rings. The lowest BCUT2D eigenvalue weighted by molar-refractivity contribution is 0.0980. The van der Waals surface area contributed by atoms with E-state index in [2.05, 4.69) is 82.5 Å². The van der Waals surface area contributed by atoms with Crippen LogP contribution < -0.4 is 0 Å². The highest BCUT2D eigenvalue weighted by Gasteiger charge is 2.34. The zero-order chi connectivity index (χ0) is 21.1. The van der Waals surface area contributed by atoms with E-state index in [0.717, 1.165) is 49.1 Å². The van der Waals surface area contributed by atoms with E-state index in [1.807, 2.05) is 22.9 Å². The number of hydrogen-bond acceptors (Lipinski definition) is 5. The minimum atomic E-state index is -0.215. The van der Waals surface area contributed by atoms with Crippen LogP contribution >= 0.6 is 11.6 Å². The smallest absolute Gasteiger partial charge is 0.173 e. The fraction of sp³-hybridized carbons (Fsp3) is 0.435. The molecule has 1 aromatic heterocycles. The van der Waals surface area contributed by atoms with Gasteiger partial charge in [-0.15, -0.1) is 5.10 Å². The van der Waals surface area contributed by atoms with E-state index in [9.17, 15) is 0 Å². The molecule has 6 nitrogen and oxygen atoms in total. The summed E-state index contributed by atoms with van der Waals surface area (Å²) in [7, 11) is 0. The highest BCUT2D eigenvalue weighted by molar-refractivity contribution is 6.31. The Morgan fingerprint density at radius 1 is 0.933 bits per heavy atom. The van der Waals surface area contributed by atoms with Crippen molar-refractivity contribution in [1.29, 1.82) is 0 Å². The van der Waals surface area contributed by atoms with Crippen molar-refractivity contribution in [2.75, 3.05) is 26.2 Å². The molecule has 1 aliphatic rings. The maximum absolute atomic E-state index is 6.64. The molecule has 30 heavy (non-hydrogen) atoms. The summed E-state index contributed by atoms with van der Waals surface area (Å²) in [6, 6.07) is 18.6. The number of aromatic nitrogens is 4. The quantitative estimate of drug-likeness (QED) is 0.619. The number of benzene rings is 2. The highest BCUT2D eigenvalue weighted by Crippen LogP contribution is 2.34. The van der Waals surface area contributed by atoms with Crippen LogP contribution in [0.3, 0.4) is 0 Å². The second-order valence-electron chi connectivity index (χ2n) is 8.84. The Morgan fingerprint density at radius 3 is 2.27 bits per heavy atom. The Balaban J connectivity index is 1.59. The van der Waals surface area contributed by atoms with Crippen LogP contribution in [0.4, 0.5) is 0 Å². The Hall–Kier alpha value is -2.28. The van der Waals surface area contributed by atoms with Gasteiger partial charge in [-0.25, -0.2) is 4.68 Å². The molecule has 0 saturated carbocycles. The van der Waals surface area contributed by atoms with Crippen LogP contribution in [0.5, 0.6) is 0 Å². The van der Waals surface area contributed by atoms with Crippen LogP contribution in [-0.2, 0) is 12.1 Å². The van der Waals surface area contributed by atoms with Gasteiger partial charge < -0.3 is 0 Å². The summed E-state index contributed by atoms with van der Waals surface area (Å²) < 4.78 is 1.93. The van der Waals surface area contributed by atoms with Crippen molar-refractivity contribution >= 4 is 11.6 Å². The summed E-state index contributed by atoms with van der Waals surface area (Å²) >= 11 is 6.64. The second-order valence-corrected chi connectivity index (χ2v) is 9.25. The number of hydrogen-bond donors (Lipinski definition) is 0. The molecule has 4 rings (SSSR count). The molecule has 1 atom stereocenters. The summed E-state index contributed by atoms with van der Waals surface area (Å²) in [5, 5.41) is 13.5. The molecule has 0 bridgehead atoms. The third-order valence-electron chi connectivity index (χ3n) is 5.59. The Bertz CT molecular complexity index is 957. The Labute approximate surface area is 183 Å². The monoisotopic (exact) mass is 424 g/mol. The number of piperazine rings is 1. The highest BCUT2D eigenvalue weighted by atomic mass is 35.5. The first-order chi connectivity index (χ1) is 14.4. The third kappa shape index (κ3) is 4.56. The fourth-order valence-corrected chi connectivity index (χ4v) is 4.30. The number of halogens is 1. The molecule has 7 heteroatoms. The molecule has 1 saturated heterocycles. The Kier molecular flexibility index (Phi) is 6.18. The van der Waals surface area contributed by atoms with Gasteiger partial charge in [0.2, 0.25) is 0 Å². The van der Waals surface area contributed by atoms with Gasteiger partial charge in [-0.05, 0) is 48.4 Å². The van der Waals surface area contributed by atoms with Gasteiger partial charge in [-0.3, -0.25) is 9.80 Å². The van der Waals surface area contributed by atoms with Gasteiger partial charge in [0.1, 0.15) is 0 Å². The molecule has 0 aliphatic carbocycles. The Morgan fingerprint density at radius 2 is 1.60 bits per heavy atom. The molecular weight excluding hydrogens is 396 g/mol. The molecule has 0 spiro atoms. The topological polar surface area (TPSA) is 50.1 Å². The van der Waals surface area contributed by atoms with Crippen LogP contribution in [0.2, 0.25) is 5.02 Å². The van der Waals surface area contributed by atoms with E-state index in [0.29, 0.717) is 0 Å². The third-order valence-corrected chi connectivity index (χ3v) is 5.94. The minimum absolute atomic E-state index is 0.0770. The molecule has 2 heterocycles. The lowest BCUT2D eigenvalue weighted by atomic mass is 10.0. The number of tetrazole rings is 1. The lowest BCUT2D eigenvalue weighted by Crippen LogP contribution is -2.48. The fourth-order valence-electron chi connectivity index (χ4n) is 4.06. The van der Waals surface area contributed by atoms with E-state index in [-0.39, 0.29) is 11.6 Å². The van der Waals surface area contributed by atoms with Gasteiger partial charge in [0.05, 0.1) is 11.6 Å². The van der Waals surface area contributed by atoms with Gasteiger partial charge in [-0.1, -0.05) is 60.1 Å². The van der Waals surface area contributed by atoms with Crippen molar-refractivity contribution in [2.45, 2.75) is 38.9 Å². The molecule has 2 aromatic carbocycles. The van der Waals surface area contributed by atoms with Crippen molar-refractivity contribution in [2.24, 2.45) is 0 Å². The zero-order valence-electron chi connectivity index (χ0n) is 17.9. The summed E-state index contributed by atoms with van der Waals surface area (Å²) in [5.74, 6) is 0.840. The lowest BCUT2D eigenvalue weighted by Gasteiger charge is -2.39. The van der Waals surface area contributed by atoms with Crippen molar-refractivity contribution in [1.82, 2.24) is 30.0 Å². The standard InChI is InChI=1S/C23H29ClN6/c1-23(2,3)30-22(25-26-27-30)21(19-11-7-8-12-20(19)24)29-15-13-28(14-16-29)17-18-9-5-4-6-10-18/h4-12,21H,13-17H2,1-3H3. The largest absolute Gasteiger partial charge is 0.297 e. The SMILES string of the molecule is CC(C)(C)n1nnnc1C(c1ccccc1Cl)N1CCN(Cc2ccccc2)CC1. The van der Waals surface area contributed by atoms with E-state index < -0.39 is 0 Å². The summed E-state index contributed by atoms with van der Waals surface area (Å²) in [6.45, 7) is 11.2. The average Bonchev–Trinajstić information content (AvgIpc) is 3.22. The first-order valence-corrected chi connectivity index (χ1v) is 10.8. The maximum atomic E-state index is 6.64. The summed E-state index contributed by atoms with van der Waals surface area (Å²) in [5.41, 5.74) is 2.19.